The highest BCUT2D eigenvalue weighted by Gasteiger charge is 2.28. The van der Waals surface area contributed by atoms with Gasteiger partial charge in [-0.3, -0.25) is 9.10 Å². The maximum absolute atomic E-state index is 13.7. The van der Waals surface area contributed by atoms with Gasteiger partial charge in [0.1, 0.15) is 6.61 Å². The van der Waals surface area contributed by atoms with Crippen LogP contribution in [0.15, 0.2) is 53.4 Å². The van der Waals surface area contributed by atoms with Crippen LogP contribution in [0.4, 0.5) is 5.69 Å². The third kappa shape index (κ3) is 7.52. The van der Waals surface area contributed by atoms with Gasteiger partial charge in [0, 0.05) is 19.6 Å². The van der Waals surface area contributed by atoms with E-state index >= 15 is 0 Å². The standard InChI is InChI=1S/C27H38N2O6S/c1-19(2)16-29(36(32,33)24-11-9-20(3)10-12-24)25-8-6-5-7-22(25)15-26(30)21(4)28-27(31)18-35-23-13-14-34-17-23/h5-12,19,21,23,26,30H,13-18H2,1-4H3,(H,28,31)/t21-,23?,26+/m0/s1. The zero-order valence-electron chi connectivity index (χ0n) is 21.5. The normalized spacial score (nSPS) is 17.7. The molecule has 1 aliphatic rings. The lowest BCUT2D eigenvalue weighted by atomic mass is 10.0. The van der Waals surface area contributed by atoms with Crippen molar-refractivity contribution in [3.63, 3.8) is 0 Å². The first-order chi connectivity index (χ1) is 17.1. The van der Waals surface area contributed by atoms with Gasteiger partial charge in [-0.15, -0.1) is 0 Å². The van der Waals surface area contributed by atoms with Crippen LogP contribution in [-0.2, 0) is 30.7 Å². The number of sulfonamides is 1. The number of rotatable bonds is 12. The van der Waals surface area contributed by atoms with Crippen molar-refractivity contribution in [2.75, 3.05) is 30.7 Å². The summed E-state index contributed by atoms with van der Waals surface area (Å²) in [6, 6.07) is 13.4. The fraction of sp³-hybridized carbons (Fsp3) is 0.519. The summed E-state index contributed by atoms with van der Waals surface area (Å²) in [7, 11) is -3.82. The van der Waals surface area contributed by atoms with E-state index in [0.29, 0.717) is 24.5 Å². The van der Waals surface area contributed by atoms with Crippen molar-refractivity contribution in [1.82, 2.24) is 5.32 Å². The van der Waals surface area contributed by atoms with Crippen molar-refractivity contribution in [3.8, 4) is 0 Å². The second-order valence-electron chi connectivity index (χ2n) is 9.80. The number of anilines is 1. The highest BCUT2D eigenvalue weighted by atomic mass is 32.2. The number of aliphatic hydroxyl groups excluding tert-OH is 1. The topological polar surface area (TPSA) is 105 Å². The van der Waals surface area contributed by atoms with Crippen LogP contribution >= 0.6 is 0 Å². The number of aryl methyl sites for hydroxylation is 1. The van der Waals surface area contributed by atoms with Crippen molar-refractivity contribution >= 4 is 21.6 Å². The minimum absolute atomic E-state index is 0.0756. The molecule has 2 aromatic carbocycles. The fourth-order valence-electron chi connectivity index (χ4n) is 4.05. The molecule has 0 bridgehead atoms. The minimum Gasteiger partial charge on any atom is -0.391 e. The summed E-state index contributed by atoms with van der Waals surface area (Å²) in [5.41, 5.74) is 2.18. The predicted octanol–water partition coefficient (Wildman–Crippen LogP) is 3.06. The molecule has 3 rings (SSSR count). The molecule has 1 amide bonds. The Morgan fingerprint density at radius 2 is 1.86 bits per heavy atom. The summed E-state index contributed by atoms with van der Waals surface area (Å²) < 4.78 is 39.5. The van der Waals surface area contributed by atoms with Crippen LogP contribution < -0.4 is 9.62 Å². The summed E-state index contributed by atoms with van der Waals surface area (Å²) in [6.07, 6.45) is -0.0636. The first-order valence-electron chi connectivity index (χ1n) is 12.4. The molecule has 198 valence electrons. The Morgan fingerprint density at radius 1 is 1.17 bits per heavy atom. The van der Waals surface area contributed by atoms with E-state index in [9.17, 15) is 18.3 Å². The number of benzene rings is 2. The molecule has 36 heavy (non-hydrogen) atoms. The molecular formula is C27H38N2O6S. The summed E-state index contributed by atoms with van der Waals surface area (Å²) >= 11 is 0. The predicted molar refractivity (Wildman–Crippen MR) is 139 cm³/mol. The van der Waals surface area contributed by atoms with E-state index < -0.39 is 22.2 Å². The van der Waals surface area contributed by atoms with Crippen molar-refractivity contribution in [2.24, 2.45) is 5.92 Å². The molecule has 2 N–H and O–H groups in total. The lowest BCUT2D eigenvalue weighted by Crippen LogP contribution is -2.44. The fourth-order valence-corrected chi connectivity index (χ4v) is 5.72. The Labute approximate surface area is 214 Å². The number of hydrogen-bond donors (Lipinski definition) is 2. The van der Waals surface area contributed by atoms with Crippen LogP contribution in [-0.4, -0.2) is 64.0 Å². The van der Waals surface area contributed by atoms with Crippen LogP contribution in [0.3, 0.4) is 0 Å². The van der Waals surface area contributed by atoms with Gasteiger partial charge in [-0.2, -0.15) is 0 Å². The van der Waals surface area contributed by atoms with E-state index in [-0.39, 0.29) is 42.4 Å². The molecule has 1 aliphatic heterocycles. The van der Waals surface area contributed by atoms with E-state index in [1.165, 1.54) is 4.31 Å². The van der Waals surface area contributed by atoms with Crippen LogP contribution in [0.1, 0.15) is 38.3 Å². The van der Waals surface area contributed by atoms with Gasteiger partial charge in [0.05, 0.1) is 35.4 Å². The van der Waals surface area contributed by atoms with Gasteiger partial charge in [-0.25, -0.2) is 8.42 Å². The highest BCUT2D eigenvalue weighted by Crippen LogP contribution is 2.29. The molecule has 1 unspecified atom stereocenters. The molecule has 3 atom stereocenters. The van der Waals surface area contributed by atoms with Gasteiger partial charge in [0.25, 0.3) is 10.0 Å². The van der Waals surface area contributed by atoms with Crippen LogP contribution in [0.5, 0.6) is 0 Å². The van der Waals surface area contributed by atoms with Crippen LogP contribution in [0.25, 0.3) is 0 Å². The van der Waals surface area contributed by atoms with Crippen molar-refractivity contribution in [2.45, 2.75) is 63.7 Å². The molecule has 1 saturated heterocycles. The second-order valence-corrected chi connectivity index (χ2v) is 11.7. The number of aliphatic hydroxyl groups is 1. The van der Waals surface area contributed by atoms with Gasteiger partial charge < -0.3 is 19.9 Å². The van der Waals surface area contributed by atoms with Crippen molar-refractivity contribution in [1.29, 1.82) is 0 Å². The first-order valence-corrected chi connectivity index (χ1v) is 13.9. The molecule has 2 aromatic rings. The van der Waals surface area contributed by atoms with Gasteiger partial charge in [0.15, 0.2) is 0 Å². The molecular weight excluding hydrogens is 480 g/mol. The van der Waals surface area contributed by atoms with E-state index in [4.69, 9.17) is 9.47 Å². The lowest BCUT2D eigenvalue weighted by molar-refractivity contribution is -0.129. The van der Waals surface area contributed by atoms with Crippen molar-refractivity contribution < 1.29 is 27.8 Å². The molecule has 0 radical (unpaired) electrons. The zero-order chi connectivity index (χ0) is 26.3. The largest absolute Gasteiger partial charge is 0.391 e. The van der Waals surface area contributed by atoms with E-state index in [0.717, 1.165) is 12.0 Å². The van der Waals surface area contributed by atoms with E-state index in [1.807, 2.05) is 32.9 Å². The Kier molecular flexibility index (Phi) is 9.90. The van der Waals surface area contributed by atoms with E-state index in [1.54, 1.807) is 43.3 Å². The summed E-state index contributed by atoms with van der Waals surface area (Å²) in [5, 5.41) is 13.7. The molecule has 1 heterocycles. The third-order valence-corrected chi connectivity index (χ3v) is 7.93. The average Bonchev–Trinajstić information content (AvgIpc) is 3.35. The maximum Gasteiger partial charge on any atom is 0.264 e. The highest BCUT2D eigenvalue weighted by molar-refractivity contribution is 7.92. The van der Waals surface area contributed by atoms with Gasteiger partial charge in [0.2, 0.25) is 5.91 Å². The number of carbonyl (C=O) groups excluding carboxylic acids is 1. The smallest absolute Gasteiger partial charge is 0.264 e. The molecule has 8 nitrogen and oxygen atoms in total. The Balaban J connectivity index is 1.75. The second kappa shape index (κ2) is 12.7. The van der Waals surface area contributed by atoms with E-state index in [2.05, 4.69) is 5.32 Å². The molecule has 0 aromatic heterocycles. The molecule has 0 aliphatic carbocycles. The Morgan fingerprint density at radius 3 is 2.50 bits per heavy atom. The number of amides is 1. The molecule has 9 heteroatoms. The maximum atomic E-state index is 13.7. The molecule has 0 spiro atoms. The number of para-hydroxylation sites is 1. The number of carbonyl (C=O) groups is 1. The minimum atomic E-state index is -3.82. The third-order valence-electron chi connectivity index (χ3n) is 6.13. The van der Waals surface area contributed by atoms with Gasteiger partial charge in [-0.05, 0) is 49.9 Å². The van der Waals surface area contributed by atoms with Crippen molar-refractivity contribution in [3.05, 3.63) is 59.7 Å². The molecule has 1 fully saturated rings. The quantitative estimate of drug-likeness (QED) is 0.448. The molecule has 0 saturated carbocycles. The number of ether oxygens (including phenoxy) is 2. The summed E-state index contributed by atoms with van der Waals surface area (Å²) in [6.45, 7) is 8.87. The van der Waals surface area contributed by atoms with Crippen LogP contribution in [0, 0.1) is 12.8 Å². The van der Waals surface area contributed by atoms with Crippen LogP contribution in [0.2, 0.25) is 0 Å². The average molecular weight is 519 g/mol. The lowest BCUT2D eigenvalue weighted by Gasteiger charge is -2.29. The number of nitrogens with zero attached hydrogens (tertiary/aromatic N) is 1. The van der Waals surface area contributed by atoms with Gasteiger partial charge >= 0.3 is 0 Å². The summed E-state index contributed by atoms with van der Waals surface area (Å²) in [5.74, 6) is -0.239. The Hall–Kier alpha value is -2.46. The Bertz CT molecular complexity index is 1100. The van der Waals surface area contributed by atoms with Gasteiger partial charge in [-0.1, -0.05) is 49.7 Å². The summed E-state index contributed by atoms with van der Waals surface area (Å²) in [4.78, 5) is 12.5. The number of nitrogens with one attached hydrogen (secondary N) is 1. The number of hydrogen-bond acceptors (Lipinski definition) is 6. The SMILES string of the molecule is Cc1ccc(S(=O)(=O)N(CC(C)C)c2ccccc2C[C@@H](O)[C@H](C)NC(=O)COC2CCOC2)cc1. The zero-order valence-corrected chi connectivity index (χ0v) is 22.3. The first kappa shape index (κ1) is 28.1. The monoisotopic (exact) mass is 518 g/mol.